The lowest BCUT2D eigenvalue weighted by atomic mass is 9.86. The van der Waals surface area contributed by atoms with Gasteiger partial charge in [0, 0.05) is 17.9 Å². The largest absolute Gasteiger partial charge is 0.466 e. The van der Waals surface area contributed by atoms with Gasteiger partial charge in [-0.05, 0) is 50.3 Å². The molecule has 0 atom stereocenters. The van der Waals surface area contributed by atoms with Crippen molar-refractivity contribution in [1.82, 2.24) is 0 Å². The average Bonchev–Trinajstić information content (AvgIpc) is 2.49. The third kappa shape index (κ3) is 3.83. The van der Waals surface area contributed by atoms with Crippen molar-refractivity contribution in [1.29, 1.82) is 5.41 Å². The van der Waals surface area contributed by atoms with Gasteiger partial charge in [0.15, 0.2) is 0 Å². The van der Waals surface area contributed by atoms with Crippen LogP contribution in [0.5, 0.6) is 0 Å². The Hall–Kier alpha value is -1.84. The Kier molecular flexibility index (Phi) is 5.16. The Morgan fingerprint density at radius 3 is 2.50 bits per heavy atom. The van der Waals surface area contributed by atoms with Crippen molar-refractivity contribution in [2.24, 2.45) is 5.92 Å². The van der Waals surface area contributed by atoms with E-state index in [1.165, 1.54) is 6.21 Å². The predicted molar refractivity (Wildman–Crippen MR) is 80.3 cm³/mol. The zero-order chi connectivity index (χ0) is 14.4. The molecule has 0 amide bonds. The summed E-state index contributed by atoms with van der Waals surface area (Å²) in [6.07, 6.45) is 5.13. The summed E-state index contributed by atoms with van der Waals surface area (Å²) in [5.41, 5.74) is 1.98. The fraction of sp³-hybridized carbons (Fsp3) is 0.500. The van der Waals surface area contributed by atoms with Crippen molar-refractivity contribution in [3.8, 4) is 0 Å². The van der Waals surface area contributed by atoms with Gasteiger partial charge >= 0.3 is 5.97 Å². The molecule has 20 heavy (non-hydrogen) atoms. The van der Waals surface area contributed by atoms with Crippen LogP contribution in [0.4, 0.5) is 5.69 Å². The topological polar surface area (TPSA) is 62.2 Å². The van der Waals surface area contributed by atoms with Crippen LogP contribution in [0.3, 0.4) is 0 Å². The molecule has 2 N–H and O–H groups in total. The second-order valence-corrected chi connectivity index (χ2v) is 5.21. The molecule has 2 rings (SSSR count). The molecule has 1 aliphatic rings. The van der Waals surface area contributed by atoms with E-state index in [2.05, 4.69) is 5.32 Å². The van der Waals surface area contributed by atoms with Crippen LogP contribution in [0.2, 0.25) is 0 Å². The molecule has 4 nitrogen and oxygen atoms in total. The number of esters is 1. The lowest BCUT2D eigenvalue weighted by Gasteiger charge is -2.28. The quantitative estimate of drug-likeness (QED) is 0.640. The van der Waals surface area contributed by atoms with E-state index >= 15 is 0 Å². The number of nitrogens with one attached hydrogen (secondary N) is 2. The smallest absolute Gasteiger partial charge is 0.308 e. The molecule has 1 aromatic rings. The van der Waals surface area contributed by atoms with Crippen molar-refractivity contribution in [2.45, 2.75) is 38.6 Å². The van der Waals surface area contributed by atoms with E-state index in [4.69, 9.17) is 10.1 Å². The highest BCUT2D eigenvalue weighted by atomic mass is 16.5. The number of carbonyl (C=O) groups is 1. The molecule has 0 saturated heterocycles. The maximum absolute atomic E-state index is 11.7. The number of hydrogen-bond donors (Lipinski definition) is 2. The third-order valence-corrected chi connectivity index (χ3v) is 3.80. The zero-order valence-corrected chi connectivity index (χ0v) is 11.9. The molecule has 0 radical (unpaired) electrons. The Bertz CT molecular complexity index is 448. The molecular weight excluding hydrogens is 252 g/mol. The third-order valence-electron chi connectivity index (χ3n) is 3.80. The first-order valence-electron chi connectivity index (χ1n) is 7.26. The monoisotopic (exact) mass is 274 g/mol. The highest BCUT2D eigenvalue weighted by molar-refractivity contribution is 5.77. The van der Waals surface area contributed by atoms with Crippen LogP contribution < -0.4 is 5.32 Å². The van der Waals surface area contributed by atoms with Crippen molar-refractivity contribution in [2.75, 3.05) is 11.9 Å². The van der Waals surface area contributed by atoms with Crippen LogP contribution in [-0.4, -0.2) is 24.8 Å². The first-order valence-corrected chi connectivity index (χ1v) is 7.26. The number of hydrogen-bond acceptors (Lipinski definition) is 4. The predicted octanol–water partition coefficient (Wildman–Crippen LogP) is 3.22. The highest BCUT2D eigenvalue weighted by Crippen LogP contribution is 2.27. The van der Waals surface area contributed by atoms with Gasteiger partial charge < -0.3 is 15.5 Å². The summed E-state index contributed by atoms with van der Waals surface area (Å²) >= 11 is 0. The molecule has 0 unspecified atom stereocenters. The summed E-state index contributed by atoms with van der Waals surface area (Å²) in [6.45, 7) is 2.32. The zero-order valence-electron chi connectivity index (χ0n) is 11.9. The van der Waals surface area contributed by atoms with Crippen LogP contribution in [-0.2, 0) is 9.53 Å². The van der Waals surface area contributed by atoms with E-state index in [-0.39, 0.29) is 11.9 Å². The van der Waals surface area contributed by atoms with E-state index in [0.717, 1.165) is 36.9 Å². The number of anilines is 1. The van der Waals surface area contributed by atoms with Gasteiger partial charge in [0.25, 0.3) is 0 Å². The summed E-state index contributed by atoms with van der Waals surface area (Å²) in [6, 6.07) is 8.28. The summed E-state index contributed by atoms with van der Waals surface area (Å²) < 4.78 is 5.08. The number of ether oxygens (including phenoxy) is 1. The second kappa shape index (κ2) is 7.08. The van der Waals surface area contributed by atoms with Gasteiger partial charge in [-0.3, -0.25) is 4.79 Å². The maximum Gasteiger partial charge on any atom is 0.308 e. The summed E-state index contributed by atoms with van der Waals surface area (Å²) in [5, 5.41) is 10.7. The molecule has 4 heteroatoms. The summed E-state index contributed by atoms with van der Waals surface area (Å²) in [5.74, 6) is 0.0366. The SMILES string of the molecule is CCOC(=O)C1CCC(Nc2ccc(C=N)cc2)CC1. The van der Waals surface area contributed by atoms with E-state index < -0.39 is 0 Å². The lowest BCUT2D eigenvalue weighted by Crippen LogP contribution is -2.30. The van der Waals surface area contributed by atoms with Gasteiger partial charge in [0.05, 0.1) is 12.5 Å². The second-order valence-electron chi connectivity index (χ2n) is 5.21. The van der Waals surface area contributed by atoms with Crippen LogP contribution in [0.15, 0.2) is 24.3 Å². The molecule has 1 saturated carbocycles. The molecule has 1 aromatic carbocycles. The minimum absolute atomic E-state index is 0.0405. The Balaban J connectivity index is 1.81. The van der Waals surface area contributed by atoms with Gasteiger partial charge in [0.1, 0.15) is 0 Å². The van der Waals surface area contributed by atoms with Crippen molar-refractivity contribution >= 4 is 17.9 Å². The molecule has 0 bridgehead atoms. The number of rotatable bonds is 5. The van der Waals surface area contributed by atoms with Crippen LogP contribution in [0.25, 0.3) is 0 Å². The van der Waals surface area contributed by atoms with Crippen molar-refractivity contribution < 1.29 is 9.53 Å². The first kappa shape index (κ1) is 14.6. The van der Waals surface area contributed by atoms with Gasteiger partial charge in [-0.15, -0.1) is 0 Å². The minimum atomic E-state index is -0.0405. The first-order chi connectivity index (χ1) is 9.72. The number of carbonyl (C=O) groups excluding carboxylic acids is 1. The normalized spacial score (nSPS) is 22.1. The van der Waals surface area contributed by atoms with Crippen LogP contribution in [0, 0.1) is 11.3 Å². The minimum Gasteiger partial charge on any atom is -0.466 e. The molecule has 0 heterocycles. The number of benzene rings is 1. The van der Waals surface area contributed by atoms with E-state index in [9.17, 15) is 4.79 Å². The van der Waals surface area contributed by atoms with Gasteiger partial charge in [-0.25, -0.2) is 0 Å². The lowest BCUT2D eigenvalue weighted by molar-refractivity contribution is -0.149. The average molecular weight is 274 g/mol. The highest BCUT2D eigenvalue weighted by Gasteiger charge is 2.26. The molecule has 1 aliphatic carbocycles. The van der Waals surface area contributed by atoms with Gasteiger partial charge in [-0.1, -0.05) is 12.1 Å². The van der Waals surface area contributed by atoms with Crippen molar-refractivity contribution in [3.05, 3.63) is 29.8 Å². The van der Waals surface area contributed by atoms with Gasteiger partial charge in [0.2, 0.25) is 0 Å². The summed E-state index contributed by atoms with van der Waals surface area (Å²) in [4.78, 5) is 11.7. The molecule has 108 valence electrons. The van der Waals surface area contributed by atoms with Crippen LogP contribution in [0.1, 0.15) is 38.2 Å². The Labute approximate surface area is 120 Å². The van der Waals surface area contributed by atoms with E-state index in [1.54, 1.807) is 0 Å². The molecule has 0 aliphatic heterocycles. The van der Waals surface area contributed by atoms with Gasteiger partial charge in [-0.2, -0.15) is 0 Å². The Morgan fingerprint density at radius 1 is 1.30 bits per heavy atom. The summed E-state index contributed by atoms with van der Waals surface area (Å²) in [7, 11) is 0. The molecule has 1 fully saturated rings. The fourth-order valence-electron chi connectivity index (χ4n) is 2.64. The van der Waals surface area contributed by atoms with Crippen molar-refractivity contribution in [3.63, 3.8) is 0 Å². The maximum atomic E-state index is 11.7. The Morgan fingerprint density at radius 2 is 1.95 bits per heavy atom. The molecule has 0 spiro atoms. The van der Waals surface area contributed by atoms with Crippen LogP contribution >= 0.6 is 0 Å². The standard InChI is InChI=1S/C16H22N2O2/c1-2-20-16(19)13-5-9-15(10-6-13)18-14-7-3-12(11-17)4-8-14/h3-4,7-8,11,13,15,17-18H,2,5-6,9-10H2,1H3. The fourth-order valence-corrected chi connectivity index (χ4v) is 2.64. The van der Waals surface area contributed by atoms with E-state index in [1.807, 2.05) is 31.2 Å². The molecular formula is C16H22N2O2. The van der Waals surface area contributed by atoms with E-state index in [0.29, 0.717) is 12.6 Å². The molecule has 0 aromatic heterocycles.